The molecular weight excluding hydrogens is 258 g/mol. The predicted molar refractivity (Wildman–Crippen MR) is 59.9 cm³/mol. The molecule has 1 aromatic carbocycles. The molecule has 1 rings (SSSR count). The number of benzene rings is 1. The third-order valence-corrected chi connectivity index (χ3v) is 2.75. The first-order valence-corrected chi connectivity index (χ1v) is 5.44. The van der Waals surface area contributed by atoms with Crippen LogP contribution in [0.15, 0.2) is 12.1 Å². The van der Waals surface area contributed by atoms with Crippen LogP contribution < -0.4 is 0 Å². The Hall–Kier alpha value is -1.34. The molecule has 15 heavy (non-hydrogen) atoms. The lowest BCUT2D eigenvalue weighted by atomic mass is 9.98. The summed E-state index contributed by atoms with van der Waals surface area (Å²) in [5.41, 5.74) is 2.29. The normalized spacial score (nSPS) is 9.47. The molecule has 0 spiro atoms. The minimum atomic E-state index is -0.468. The molecule has 0 aromatic heterocycles. The number of carbonyl (C=O) groups excluding carboxylic acids is 1. The molecule has 0 heterocycles. The maximum atomic E-state index is 11.5. The van der Waals surface area contributed by atoms with Gasteiger partial charge in [-0.1, -0.05) is 28.1 Å². The fourth-order valence-electron chi connectivity index (χ4n) is 1.34. The molecule has 78 valence electrons. The molecule has 0 radical (unpaired) electrons. The zero-order chi connectivity index (χ0) is 11.4. The third-order valence-electron chi connectivity index (χ3n) is 2.15. The van der Waals surface area contributed by atoms with Crippen LogP contribution in [0.3, 0.4) is 0 Å². The van der Waals surface area contributed by atoms with Gasteiger partial charge in [-0.25, -0.2) is 4.79 Å². The number of ether oxygens (including phenoxy) is 1. The van der Waals surface area contributed by atoms with Crippen molar-refractivity contribution in [3.8, 4) is 6.07 Å². The quantitative estimate of drug-likeness (QED) is 0.611. The van der Waals surface area contributed by atoms with Crippen LogP contribution in [0.2, 0.25) is 0 Å². The second-order valence-corrected chi connectivity index (χ2v) is 3.59. The number of alkyl halides is 1. The van der Waals surface area contributed by atoms with E-state index in [2.05, 4.69) is 20.7 Å². The second kappa shape index (κ2) is 4.94. The summed E-state index contributed by atoms with van der Waals surface area (Å²) in [7, 11) is 1.31. The summed E-state index contributed by atoms with van der Waals surface area (Å²) < 4.78 is 4.67. The fraction of sp³-hybridized carbons (Fsp3) is 0.273. The first-order chi connectivity index (χ1) is 7.15. The van der Waals surface area contributed by atoms with Gasteiger partial charge in [-0.15, -0.1) is 0 Å². The van der Waals surface area contributed by atoms with Gasteiger partial charge in [0.1, 0.15) is 6.07 Å². The maximum absolute atomic E-state index is 11.5. The average Bonchev–Trinajstić information content (AvgIpc) is 2.27. The Morgan fingerprint density at radius 2 is 2.27 bits per heavy atom. The van der Waals surface area contributed by atoms with Crippen molar-refractivity contribution in [1.29, 1.82) is 5.26 Å². The Morgan fingerprint density at radius 3 is 2.73 bits per heavy atom. The van der Waals surface area contributed by atoms with Crippen LogP contribution in [0.1, 0.15) is 27.0 Å². The molecule has 0 fully saturated rings. The predicted octanol–water partition coefficient (Wildman–Crippen LogP) is 2.55. The highest BCUT2D eigenvalue weighted by molar-refractivity contribution is 9.08. The van der Waals surface area contributed by atoms with Crippen molar-refractivity contribution >= 4 is 21.9 Å². The van der Waals surface area contributed by atoms with Crippen molar-refractivity contribution < 1.29 is 9.53 Å². The van der Waals surface area contributed by atoms with E-state index in [0.717, 1.165) is 11.1 Å². The summed E-state index contributed by atoms with van der Waals surface area (Å²) in [4.78, 5) is 11.5. The highest BCUT2D eigenvalue weighted by Crippen LogP contribution is 2.21. The first kappa shape index (κ1) is 11.7. The van der Waals surface area contributed by atoms with Crippen molar-refractivity contribution in [1.82, 2.24) is 0 Å². The summed E-state index contributed by atoms with van der Waals surface area (Å²) in [6.07, 6.45) is 0. The highest BCUT2D eigenvalue weighted by Gasteiger charge is 2.17. The van der Waals surface area contributed by atoms with E-state index < -0.39 is 5.97 Å². The number of hydrogen-bond acceptors (Lipinski definition) is 3. The van der Waals surface area contributed by atoms with E-state index in [0.29, 0.717) is 16.5 Å². The largest absolute Gasteiger partial charge is 0.465 e. The molecular formula is C11H10BrNO2. The Balaban J connectivity index is 3.49. The Kier molecular flexibility index (Phi) is 3.87. The maximum Gasteiger partial charge on any atom is 0.339 e. The second-order valence-electron chi connectivity index (χ2n) is 3.03. The number of esters is 1. The molecule has 0 saturated carbocycles. The standard InChI is InChI=1S/C11H10BrNO2/c1-7-3-4-8(5-12)10(9(7)6-13)11(14)15-2/h3-4H,5H2,1-2H3. The minimum absolute atomic E-state index is 0.358. The van der Waals surface area contributed by atoms with E-state index in [9.17, 15) is 4.79 Å². The molecule has 0 atom stereocenters. The molecule has 0 saturated heterocycles. The lowest BCUT2D eigenvalue weighted by Crippen LogP contribution is -2.09. The van der Waals surface area contributed by atoms with Gasteiger partial charge in [0.15, 0.2) is 0 Å². The molecule has 0 aliphatic rings. The van der Waals surface area contributed by atoms with Crippen LogP contribution in [0, 0.1) is 18.3 Å². The molecule has 0 bridgehead atoms. The first-order valence-electron chi connectivity index (χ1n) is 4.32. The zero-order valence-corrected chi connectivity index (χ0v) is 10.1. The number of nitriles is 1. The molecule has 0 aliphatic carbocycles. The van der Waals surface area contributed by atoms with Crippen molar-refractivity contribution in [2.24, 2.45) is 0 Å². The fourth-order valence-corrected chi connectivity index (χ4v) is 1.81. The average molecular weight is 268 g/mol. The number of methoxy groups -OCH3 is 1. The van der Waals surface area contributed by atoms with Crippen molar-refractivity contribution in [3.05, 3.63) is 34.4 Å². The van der Waals surface area contributed by atoms with Gasteiger partial charge >= 0.3 is 5.97 Å². The van der Waals surface area contributed by atoms with Gasteiger partial charge in [0.25, 0.3) is 0 Å². The summed E-state index contributed by atoms with van der Waals surface area (Å²) in [5, 5.41) is 9.51. The smallest absolute Gasteiger partial charge is 0.339 e. The molecule has 0 amide bonds. The number of halogens is 1. The van der Waals surface area contributed by atoms with Crippen LogP contribution in [-0.2, 0) is 10.1 Å². The molecule has 0 N–H and O–H groups in total. The van der Waals surface area contributed by atoms with E-state index in [1.807, 2.05) is 18.2 Å². The molecule has 0 aliphatic heterocycles. The Morgan fingerprint density at radius 1 is 1.60 bits per heavy atom. The van der Waals surface area contributed by atoms with Crippen LogP contribution in [0.4, 0.5) is 0 Å². The van der Waals surface area contributed by atoms with Gasteiger partial charge in [0.2, 0.25) is 0 Å². The van der Waals surface area contributed by atoms with Gasteiger partial charge in [0.05, 0.1) is 18.2 Å². The van der Waals surface area contributed by atoms with Gasteiger partial charge in [0, 0.05) is 5.33 Å². The lowest BCUT2D eigenvalue weighted by molar-refractivity contribution is 0.0599. The van der Waals surface area contributed by atoms with Crippen molar-refractivity contribution in [2.45, 2.75) is 12.3 Å². The van der Waals surface area contributed by atoms with E-state index in [1.165, 1.54) is 7.11 Å². The summed E-state index contributed by atoms with van der Waals surface area (Å²) in [5.74, 6) is -0.468. The molecule has 4 heteroatoms. The SMILES string of the molecule is COC(=O)c1c(CBr)ccc(C)c1C#N. The van der Waals surface area contributed by atoms with Gasteiger partial charge in [-0.2, -0.15) is 5.26 Å². The number of rotatable bonds is 2. The van der Waals surface area contributed by atoms with Crippen LogP contribution in [0.25, 0.3) is 0 Å². The molecule has 0 unspecified atom stereocenters. The topological polar surface area (TPSA) is 50.1 Å². The number of nitrogens with zero attached hydrogens (tertiary/aromatic N) is 1. The van der Waals surface area contributed by atoms with E-state index in [4.69, 9.17) is 5.26 Å². The summed E-state index contributed by atoms with van der Waals surface area (Å²) in [6, 6.07) is 5.67. The Bertz CT molecular complexity index is 435. The van der Waals surface area contributed by atoms with Crippen LogP contribution in [-0.4, -0.2) is 13.1 Å². The van der Waals surface area contributed by atoms with Gasteiger partial charge in [-0.05, 0) is 18.1 Å². The monoisotopic (exact) mass is 267 g/mol. The minimum Gasteiger partial charge on any atom is -0.465 e. The van der Waals surface area contributed by atoms with Crippen molar-refractivity contribution in [3.63, 3.8) is 0 Å². The zero-order valence-electron chi connectivity index (χ0n) is 8.50. The summed E-state index contributed by atoms with van der Waals surface area (Å²) in [6.45, 7) is 1.79. The lowest BCUT2D eigenvalue weighted by Gasteiger charge is -2.09. The van der Waals surface area contributed by atoms with Crippen LogP contribution >= 0.6 is 15.9 Å². The summed E-state index contributed by atoms with van der Waals surface area (Å²) >= 11 is 3.28. The third kappa shape index (κ3) is 2.18. The number of carbonyl (C=O) groups is 1. The van der Waals surface area contributed by atoms with E-state index in [-0.39, 0.29) is 0 Å². The Labute approximate surface area is 96.8 Å². The number of hydrogen-bond donors (Lipinski definition) is 0. The van der Waals surface area contributed by atoms with Crippen molar-refractivity contribution in [2.75, 3.05) is 7.11 Å². The highest BCUT2D eigenvalue weighted by atomic mass is 79.9. The molecule has 3 nitrogen and oxygen atoms in total. The van der Waals surface area contributed by atoms with E-state index in [1.54, 1.807) is 6.92 Å². The van der Waals surface area contributed by atoms with Crippen LogP contribution in [0.5, 0.6) is 0 Å². The van der Waals surface area contributed by atoms with E-state index >= 15 is 0 Å². The van der Waals surface area contributed by atoms with Gasteiger partial charge in [-0.3, -0.25) is 0 Å². The number of aryl methyl sites for hydroxylation is 1. The van der Waals surface area contributed by atoms with Gasteiger partial charge < -0.3 is 4.74 Å². The molecule has 1 aromatic rings.